The van der Waals surface area contributed by atoms with Crippen LogP contribution in [0.25, 0.3) is 0 Å². The van der Waals surface area contributed by atoms with Crippen LogP contribution in [0.5, 0.6) is 0 Å². The fraction of sp³-hybridized carbons (Fsp3) is 0.778. The average Bonchev–Trinajstić information content (AvgIpc) is 3.09. The molecule has 0 radical (unpaired) electrons. The van der Waals surface area contributed by atoms with Gasteiger partial charge in [-0.1, -0.05) is 6.92 Å². The number of hydroxylamine groups is 2. The Labute approximate surface area is 174 Å². The molecule has 0 bridgehead atoms. The fourth-order valence-corrected chi connectivity index (χ4v) is 6.61. The Balaban J connectivity index is 1.54. The van der Waals surface area contributed by atoms with Crippen LogP contribution >= 0.6 is 11.8 Å². The number of carbonyl (C=O) groups is 2. The molecule has 6 N–H and O–H groups in total. The number of hydrogen-bond acceptors (Lipinski definition) is 7. The van der Waals surface area contributed by atoms with Crippen molar-refractivity contribution >= 4 is 23.8 Å². The number of aliphatic hydroxyl groups is 1. The van der Waals surface area contributed by atoms with Crippen molar-refractivity contribution < 1.29 is 29.6 Å². The molecule has 0 aromatic carbocycles. The molecule has 3 aliphatic rings. The van der Waals surface area contributed by atoms with E-state index < -0.39 is 18.1 Å². The molecule has 11 heteroatoms. The van der Waals surface area contributed by atoms with Gasteiger partial charge in [0.1, 0.15) is 11.7 Å². The van der Waals surface area contributed by atoms with Crippen molar-refractivity contribution in [3.8, 4) is 0 Å². The van der Waals surface area contributed by atoms with Crippen LogP contribution in [-0.2, 0) is 9.53 Å². The number of nitrogens with two attached hydrogens (primary N) is 1. The highest BCUT2D eigenvalue weighted by molar-refractivity contribution is 8.00. The summed E-state index contributed by atoms with van der Waals surface area (Å²) in [7, 11) is 0. The highest BCUT2D eigenvalue weighted by Crippen LogP contribution is 2.52. The van der Waals surface area contributed by atoms with Gasteiger partial charge in [0.2, 0.25) is 0 Å². The van der Waals surface area contributed by atoms with Gasteiger partial charge in [-0.2, -0.15) is 0 Å². The molecule has 29 heavy (non-hydrogen) atoms. The number of amides is 2. The van der Waals surface area contributed by atoms with Crippen LogP contribution in [0.4, 0.5) is 4.79 Å². The number of primary amides is 1. The van der Waals surface area contributed by atoms with E-state index in [9.17, 15) is 25.0 Å². The predicted octanol–water partition coefficient (Wildman–Crippen LogP) is -1.45. The van der Waals surface area contributed by atoms with Gasteiger partial charge in [0.25, 0.3) is 0 Å². The molecule has 164 valence electrons. The minimum atomic E-state index is -0.952. The maximum Gasteiger partial charge on any atom is 0.351 e. The number of urea groups is 1. The van der Waals surface area contributed by atoms with Crippen molar-refractivity contribution in [2.45, 2.75) is 49.1 Å². The van der Waals surface area contributed by atoms with Crippen LogP contribution in [0, 0.1) is 17.0 Å². The number of quaternary nitrogens is 1. The van der Waals surface area contributed by atoms with E-state index in [1.807, 2.05) is 11.8 Å². The highest BCUT2D eigenvalue weighted by Gasteiger charge is 2.58. The Morgan fingerprint density at radius 2 is 2.28 bits per heavy atom. The lowest BCUT2D eigenvalue weighted by molar-refractivity contribution is -0.861. The number of carbonyl (C=O) groups excluding carboxylic acids is 1. The zero-order chi connectivity index (χ0) is 21.3. The van der Waals surface area contributed by atoms with Crippen molar-refractivity contribution in [1.82, 2.24) is 10.2 Å². The van der Waals surface area contributed by atoms with Crippen LogP contribution in [0.15, 0.2) is 11.8 Å². The molecule has 8 atom stereocenters. The Morgan fingerprint density at radius 1 is 1.55 bits per heavy atom. The van der Waals surface area contributed by atoms with Gasteiger partial charge in [0.05, 0.1) is 36.5 Å². The van der Waals surface area contributed by atoms with Gasteiger partial charge in [-0.25, -0.2) is 9.59 Å². The summed E-state index contributed by atoms with van der Waals surface area (Å²) < 4.78 is 5.49. The van der Waals surface area contributed by atoms with Gasteiger partial charge in [-0.15, -0.1) is 11.8 Å². The second-order valence-electron chi connectivity index (χ2n) is 8.05. The lowest BCUT2D eigenvalue weighted by atomic mass is 9.79. The lowest BCUT2D eigenvalue weighted by Crippen LogP contribution is -3.09. The van der Waals surface area contributed by atoms with Crippen molar-refractivity contribution in [1.29, 1.82) is 0 Å². The third-order valence-corrected chi connectivity index (χ3v) is 7.53. The number of rotatable bonds is 9. The van der Waals surface area contributed by atoms with E-state index in [-0.39, 0.29) is 46.2 Å². The Kier molecular flexibility index (Phi) is 6.94. The highest BCUT2D eigenvalue weighted by atomic mass is 32.2. The van der Waals surface area contributed by atoms with Crippen molar-refractivity contribution in [2.75, 3.05) is 26.3 Å². The van der Waals surface area contributed by atoms with E-state index >= 15 is 0 Å². The maximum absolute atomic E-state index is 12.4. The molecule has 0 aromatic heterocycles. The second kappa shape index (κ2) is 9.09. The van der Waals surface area contributed by atoms with Crippen LogP contribution in [0.2, 0.25) is 0 Å². The number of ether oxygens (including phenoxy) is 1. The van der Waals surface area contributed by atoms with E-state index in [4.69, 9.17) is 10.5 Å². The van der Waals surface area contributed by atoms with E-state index in [0.717, 1.165) is 0 Å². The molecule has 10 nitrogen and oxygen atoms in total. The standard InChI is InChI=1S/C18H30N4O6S/c1-9-5-13(17(24)25)22-15(9)14(10(2)23)16(22)29-12-6-11(21(27)7-12)8-28-4-3-20-18(19)26/h5,9-12,14-16,21,23H,3-4,6-8H2,1-2H3,(H,24,25)(H3,19,20,26)/t9-,10-,11+,12+,14-,15+,16?/m1/s1. The molecule has 3 heterocycles. The zero-order valence-corrected chi connectivity index (χ0v) is 17.4. The number of thioether (sulfide) groups is 1. The number of nitrogens with zero attached hydrogens (tertiary/aromatic N) is 1. The summed E-state index contributed by atoms with van der Waals surface area (Å²) in [6, 6.07) is -0.819. The molecule has 2 saturated heterocycles. The van der Waals surface area contributed by atoms with E-state index in [2.05, 4.69) is 5.32 Å². The fourth-order valence-electron chi connectivity index (χ4n) is 4.66. The smallest absolute Gasteiger partial charge is 0.351 e. The molecular formula is C18H30N4O6S. The molecule has 2 fully saturated rings. The lowest BCUT2D eigenvalue weighted by Gasteiger charge is -2.56. The SMILES string of the molecule is C[C@@H]1C=C(C(=O)O)N2C(S[C@H]3C[C@@H](COCCNC(N)=O)[NH+]([O-])C3)[C@H]([C@@H](C)O)[C@H]12. The number of aliphatic hydroxyl groups excluding tert-OH is 1. The number of nitrogens with one attached hydrogen (secondary N) is 2. The third kappa shape index (κ3) is 4.64. The summed E-state index contributed by atoms with van der Waals surface area (Å²) in [6.45, 7) is 5.02. The van der Waals surface area contributed by atoms with E-state index in [1.165, 1.54) is 0 Å². The summed E-state index contributed by atoms with van der Waals surface area (Å²) in [6.07, 6.45) is 1.88. The molecule has 3 rings (SSSR count). The van der Waals surface area contributed by atoms with Gasteiger partial charge < -0.3 is 41.2 Å². The third-order valence-electron chi connectivity index (χ3n) is 5.96. The van der Waals surface area contributed by atoms with Crippen LogP contribution in [0.3, 0.4) is 0 Å². The van der Waals surface area contributed by atoms with Gasteiger partial charge in [-0.05, 0) is 18.9 Å². The van der Waals surface area contributed by atoms with E-state index in [0.29, 0.717) is 31.8 Å². The first-order chi connectivity index (χ1) is 13.7. The van der Waals surface area contributed by atoms with Crippen LogP contribution < -0.4 is 16.1 Å². The quantitative estimate of drug-likeness (QED) is 0.220. The summed E-state index contributed by atoms with van der Waals surface area (Å²) in [5.41, 5.74) is 5.28. The number of carboxylic acid groups (broad SMARTS) is 1. The molecule has 3 aliphatic heterocycles. The van der Waals surface area contributed by atoms with Crippen LogP contribution in [0.1, 0.15) is 20.3 Å². The predicted molar refractivity (Wildman–Crippen MR) is 107 cm³/mol. The Morgan fingerprint density at radius 3 is 2.90 bits per heavy atom. The van der Waals surface area contributed by atoms with Crippen molar-refractivity contribution in [3.05, 3.63) is 17.0 Å². The second-order valence-corrected chi connectivity index (χ2v) is 9.47. The summed E-state index contributed by atoms with van der Waals surface area (Å²) in [5, 5.41) is 34.7. The average molecular weight is 431 g/mol. The van der Waals surface area contributed by atoms with E-state index in [1.54, 1.807) is 24.8 Å². The molecule has 0 saturated carbocycles. The van der Waals surface area contributed by atoms with Crippen molar-refractivity contribution in [2.24, 2.45) is 17.6 Å². The minimum Gasteiger partial charge on any atom is -0.634 e. The zero-order valence-electron chi connectivity index (χ0n) is 16.6. The molecule has 0 aliphatic carbocycles. The summed E-state index contributed by atoms with van der Waals surface area (Å²) in [5.74, 6) is -0.918. The molecule has 0 spiro atoms. The Bertz CT molecular complexity index is 662. The normalized spacial score (nSPS) is 36.9. The Hall–Kier alpha value is -1.53. The largest absolute Gasteiger partial charge is 0.634 e. The van der Waals surface area contributed by atoms with Gasteiger partial charge >= 0.3 is 12.0 Å². The van der Waals surface area contributed by atoms with Gasteiger partial charge in [-0.3, -0.25) is 0 Å². The number of hydrogen-bond donors (Lipinski definition) is 5. The van der Waals surface area contributed by atoms with Gasteiger partial charge in [0.15, 0.2) is 0 Å². The molecule has 0 aromatic rings. The van der Waals surface area contributed by atoms with Crippen molar-refractivity contribution in [3.63, 3.8) is 0 Å². The first-order valence-electron chi connectivity index (χ1n) is 9.91. The van der Waals surface area contributed by atoms with Crippen LogP contribution in [-0.4, -0.2) is 82.2 Å². The minimum absolute atomic E-state index is 0.00686. The summed E-state index contributed by atoms with van der Waals surface area (Å²) in [4.78, 5) is 24.2. The first kappa shape index (κ1) is 22.2. The molecule has 2 unspecified atom stereocenters. The topological polar surface area (TPSA) is 153 Å². The first-order valence-corrected chi connectivity index (χ1v) is 10.9. The molecule has 2 amide bonds. The number of aliphatic carboxylic acids is 1. The number of fused-ring (bicyclic) bond motifs is 1. The maximum atomic E-state index is 12.4. The summed E-state index contributed by atoms with van der Waals surface area (Å²) >= 11 is 1.60. The molecular weight excluding hydrogens is 400 g/mol. The monoisotopic (exact) mass is 430 g/mol. The van der Waals surface area contributed by atoms with Gasteiger partial charge in [0, 0.05) is 24.9 Å². The number of carboxylic acids is 1.